The Bertz CT molecular complexity index is 949. The standard InChI is InChI=1S/C25H32N4O4/c30-22-17-27(16-21(22)29-11-9-28(10-12-29)20-5-2-1-3-6-20)18-25(31)26-19-7-8-23-24(15-19)33-14-4-13-32-23/h1-3,5-8,15,21-22,30H,4,9-14,16-18H2,(H,26,31)/t21-,22-/m0/s1. The van der Waals surface area contributed by atoms with Crippen molar-refractivity contribution in [1.29, 1.82) is 0 Å². The fourth-order valence-corrected chi connectivity index (χ4v) is 4.93. The van der Waals surface area contributed by atoms with Crippen LogP contribution >= 0.6 is 0 Å². The van der Waals surface area contributed by atoms with Crippen molar-refractivity contribution < 1.29 is 19.4 Å². The number of carbonyl (C=O) groups excluding carboxylic acids is 1. The first kappa shape index (κ1) is 22.0. The highest BCUT2D eigenvalue weighted by atomic mass is 16.5. The smallest absolute Gasteiger partial charge is 0.238 e. The van der Waals surface area contributed by atoms with E-state index in [1.807, 2.05) is 29.2 Å². The van der Waals surface area contributed by atoms with E-state index < -0.39 is 6.10 Å². The summed E-state index contributed by atoms with van der Waals surface area (Å²) in [6.07, 6.45) is 0.398. The number of aliphatic hydroxyl groups excluding tert-OH is 1. The topological polar surface area (TPSA) is 77.5 Å². The maximum atomic E-state index is 12.7. The summed E-state index contributed by atoms with van der Waals surface area (Å²) in [6, 6.07) is 16.0. The molecule has 2 atom stereocenters. The molecule has 8 heteroatoms. The van der Waals surface area contributed by atoms with Crippen LogP contribution in [-0.4, -0.2) is 92.0 Å². The lowest BCUT2D eigenvalue weighted by Gasteiger charge is -2.39. The summed E-state index contributed by atoms with van der Waals surface area (Å²) in [4.78, 5) is 19.5. The second kappa shape index (κ2) is 9.99. The highest BCUT2D eigenvalue weighted by Crippen LogP contribution is 2.32. The van der Waals surface area contributed by atoms with E-state index in [0.717, 1.165) is 32.6 Å². The van der Waals surface area contributed by atoms with Crippen molar-refractivity contribution in [2.24, 2.45) is 0 Å². The van der Waals surface area contributed by atoms with Gasteiger partial charge in [-0.2, -0.15) is 0 Å². The number of β-amino-alcohol motifs (C(OH)–C–C–N with tert-alkyl or cyclic N) is 1. The number of nitrogens with one attached hydrogen (secondary N) is 1. The number of hydrogen-bond acceptors (Lipinski definition) is 7. The molecule has 2 aromatic rings. The molecule has 176 valence electrons. The Hall–Kier alpha value is -2.81. The maximum Gasteiger partial charge on any atom is 0.238 e. The monoisotopic (exact) mass is 452 g/mol. The second-order valence-electron chi connectivity index (χ2n) is 8.95. The maximum absolute atomic E-state index is 12.7. The van der Waals surface area contributed by atoms with Crippen LogP contribution in [0.4, 0.5) is 11.4 Å². The average molecular weight is 453 g/mol. The molecule has 3 heterocycles. The molecule has 2 saturated heterocycles. The summed E-state index contributed by atoms with van der Waals surface area (Å²) in [5.41, 5.74) is 1.94. The van der Waals surface area contributed by atoms with Crippen LogP contribution in [0.25, 0.3) is 0 Å². The quantitative estimate of drug-likeness (QED) is 0.714. The van der Waals surface area contributed by atoms with E-state index in [9.17, 15) is 9.90 Å². The Labute approximate surface area is 194 Å². The van der Waals surface area contributed by atoms with Crippen LogP contribution < -0.4 is 19.7 Å². The van der Waals surface area contributed by atoms with E-state index in [4.69, 9.17) is 9.47 Å². The fourth-order valence-electron chi connectivity index (χ4n) is 4.93. The predicted octanol–water partition coefficient (Wildman–Crippen LogP) is 1.65. The van der Waals surface area contributed by atoms with Gasteiger partial charge in [0.05, 0.1) is 25.9 Å². The predicted molar refractivity (Wildman–Crippen MR) is 127 cm³/mol. The molecule has 0 aliphatic carbocycles. The molecular weight excluding hydrogens is 420 g/mol. The third kappa shape index (κ3) is 5.24. The molecule has 33 heavy (non-hydrogen) atoms. The molecule has 1 amide bonds. The van der Waals surface area contributed by atoms with Crippen molar-refractivity contribution in [3.05, 3.63) is 48.5 Å². The van der Waals surface area contributed by atoms with Gasteiger partial charge in [0.15, 0.2) is 11.5 Å². The van der Waals surface area contributed by atoms with E-state index >= 15 is 0 Å². The number of carbonyl (C=O) groups is 1. The number of likely N-dealkylation sites (tertiary alicyclic amines) is 1. The van der Waals surface area contributed by atoms with Crippen LogP contribution in [0.1, 0.15) is 6.42 Å². The SMILES string of the molecule is O=C(CN1C[C@H](O)[C@@H](N2CCN(c3ccccc3)CC2)C1)Nc1ccc2c(c1)OCCCO2. The summed E-state index contributed by atoms with van der Waals surface area (Å²) >= 11 is 0. The molecule has 0 radical (unpaired) electrons. The molecule has 8 nitrogen and oxygen atoms in total. The third-order valence-electron chi connectivity index (χ3n) is 6.64. The van der Waals surface area contributed by atoms with Crippen molar-refractivity contribution in [3.63, 3.8) is 0 Å². The number of anilines is 2. The van der Waals surface area contributed by atoms with Gasteiger partial charge in [-0.3, -0.25) is 14.6 Å². The van der Waals surface area contributed by atoms with Gasteiger partial charge in [0.1, 0.15) is 0 Å². The van der Waals surface area contributed by atoms with E-state index in [1.165, 1.54) is 5.69 Å². The molecule has 3 aliphatic heterocycles. The first-order chi connectivity index (χ1) is 16.2. The summed E-state index contributed by atoms with van der Waals surface area (Å²) in [7, 11) is 0. The molecule has 2 N–H and O–H groups in total. The second-order valence-corrected chi connectivity index (χ2v) is 8.95. The van der Waals surface area contributed by atoms with E-state index in [-0.39, 0.29) is 18.5 Å². The number of ether oxygens (including phenoxy) is 2. The van der Waals surface area contributed by atoms with E-state index in [0.29, 0.717) is 43.5 Å². The van der Waals surface area contributed by atoms with Crippen molar-refractivity contribution in [2.45, 2.75) is 18.6 Å². The molecule has 0 unspecified atom stereocenters. The summed E-state index contributed by atoms with van der Waals surface area (Å²) in [6.45, 7) is 6.41. The molecule has 5 rings (SSSR count). The van der Waals surface area contributed by atoms with Crippen molar-refractivity contribution in [3.8, 4) is 11.5 Å². The average Bonchev–Trinajstić information content (AvgIpc) is 3.04. The van der Waals surface area contributed by atoms with Gasteiger partial charge in [-0.25, -0.2) is 0 Å². The number of fused-ring (bicyclic) bond motifs is 1. The van der Waals surface area contributed by atoms with Gasteiger partial charge in [0.2, 0.25) is 5.91 Å². The molecule has 0 saturated carbocycles. The number of amides is 1. The molecule has 3 aliphatic rings. The Balaban J connectivity index is 1.12. The molecule has 0 spiro atoms. The lowest BCUT2D eigenvalue weighted by molar-refractivity contribution is -0.117. The van der Waals surface area contributed by atoms with Crippen LogP contribution in [0, 0.1) is 0 Å². The van der Waals surface area contributed by atoms with Crippen LogP contribution in [-0.2, 0) is 4.79 Å². The Morgan fingerprint density at radius 2 is 1.73 bits per heavy atom. The zero-order valence-electron chi connectivity index (χ0n) is 18.9. The minimum atomic E-state index is -0.445. The minimum Gasteiger partial charge on any atom is -0.490 e. The van der Waals surface area contributed by atoms with Crippen LogP contribution in [0.5, 0.6) is 11.5 Å². The fraction of sp³-hybridized carbons (Fsp3) is 0.480. The lowest BCUT2D eigenvalue weighted by Crippen LogP contribution is -2.53. The van der Waals surface area contributed by atoms with E-state index in [2.05, 4.69) is 39.4 Å². The number of nitrogens with zero attached hydrogens (tertiary/aromatic N) is 3. The number of benzene rings is 2. The van der Waals surface area contributed by atoms with Crippen molar-refractivity contribution >= 4 is 17.3 Å². The molecule has 0 aromatic heterocycles. The Morgan fingerprint density at radius 3 is 2.52 bits per heavy atom. The van der Waals surface area contributed by atoms with Gasteiger partial charge in [-0.1, -0.05) is 18.2 Å². The van der Waals surface area contributed by atoms with Crippen LogP contribution in [0.2, 0.25) is 0 Å². The number of piperazine rings is 1. The number of para-hydroxylation sites is 1. The molecule has 2 aromatic carbocycles. The van der Waals surface area contributed by atoms with Gasteiger partial charge in [-0.05, 0) is 24.3 Å². The zero-order valence-corrected chi connectivity index (χ0v) is 18.9. The third-order valence-corrected chi connectivity index (χ3v) is 6.64. The Morgan fingerprint density at radius 1 is 0.970 bits per heavy atom. The first-order valence-electron chi connectivity index (χ1n) is 11.8. The minimum absolute atomic E-state index is 0.0637. The molecular formula is C25H32N4O4. The number of rotatable bonds is 5. The van der Waals surface area contributed by atoms with Crippen LogP contribution in [0.3, 0.4) is 0 Å². The largest absolute Gasteiger partial charge is 0.490 e. The molecule has 0 bridgehead atoms. The van der Waals surface area contributed by atoms with E-state index in [1.54, 1.807) is 0 Å². The highest BCUT2D eigenvalue weighted by Gasteiger charge is 2.37. The van der Waals surface area contributed by atoms with Gasteiger partial charge >= 0.3 is 0 Å². The van der Waals surface area contributed by atoms with Gasteiger partial charge in [-0.15, -0.1) is 0 Å². The summed E-state index contributed by atoms with van der Waals surface area (Å²) in [5, 5.41) is 13.7. The Kier molecular flexibility index (Phi) is 6.66. The number of aliphatic hydroxyl groups is 1. The molecule has 2 fully saturated rings. The van der Waals surface area contributed by atoms with Crippen molar-refractivity contribution in [1.82, 2.24) is 9.80 Å². The normalized spacial score (nSPS) is 23.8. The summed E-state index contributed by atoms with van der Waals surface area (Å²) in [5.74, 6) is 1.28. The lowest BCUT2D eigenvalue weighted by atomic mass is 10.1. The summed E-state index contributed by atoms with van der Waals surface area (Å²) < 4.78 is 11.4. The van der Waals surface area contributed by atoms with Gasteiger partial charge < -0.3 is 24.8 Å². The number of hydrogen-bond donors (Lipinski definition) is 2. The highest BCUT2D eigenvalue weighted by molar-refractivity contribution is 5.92. The first-order valence-corrected chi connectivity index (χ1v) is 11.8. The van der Waals surface area contributed by atoms with Gasteiger partial charge in [0.25, 0.3) is 0 Å². The van der Waals surface area contributed by atoms with Crippen molar-refractivity contribution in [2.75, 3.05) is 69.2 Å². The zero-order chi connectivity index (χ0) is 22.6. The van der Waals surface area contributed by atoms with Crippen LogP contribution in [0.15, 0.2) is 48.5 Å². The van der Waals surface area contributed by atoms with Gasteiger partial charge in [0, 0.05) is 69.2 Å².